The Labute approximate surface area is 180 Å². The second-order valence-corrected chi connectivity index (χ2v) is 7.88. The summed E-state index contributed by atoms with van der Waals surface area (Å²) in [5.74, 6) is -0.0622. The summed E-state index contributed by atoms with van der Waals surface area (Å²) in [4.78, 5) is 27.9. The summed E-state index contributed by atoms with van der Waals surface area (Å²) in [6.45, 7) is 0.485. The highest BCUT2D eigenvalue weighted by Crippen LogP contribution is 2.30. The van der Waals surface area contributed by atoms with Gasteiger partial charge in [-0.25, -0.2) is 0 Å². The van der Waals surface area contributed by atoms with Crippen LogP contribution >= 0.6 is 0 Å². The molecule has 5 nitrogen and oxygen atoms in total. The van der Waals surface area contributed by atoms with Crippen molar-refractivity contribution in [1.82, 2.24) is 10.3 Å². The van der Waals surface area contributed by atoms with Crippen molar-refractivity contribution >= 4 is 28.4 Å². The first kappa shape index (κ1) is 19.1. The zero-order valence-electron chi connectivity index (χ0n) is 17.0. The van der Waals surface area contributed by atoms with Crippen LogP contribution in [0.2, 0.25) is 0 Å². The Morgan fingerprint density at radius 3 is 2.65 bits per heavy atom. The summed E-state index contributed by atoms with van der Waals surface area (Å²) >= 11 is 0. The fourth-order valence-corrected chi connectivity index (χ4v) is 4.30. The Balaban J connectivity index is 1.40. The van der Waals surface area contributed by atoms with E-state index in [1.54, 1.807) is 6.07 Å². The first-order valence-electron chi connectivity index (χ1n) is 10.5. The average Bonchev–Trinajstić information content (AvgIpc) is 3.23. The number of aromatic nitrogens is 1. The molecule has 0 spiro atoms. The SMILES string of the molecule is O=C1CCc2cc(C(=O)NCC(c3ccccc3)c3c[nH]c4ccccc34)ccc2N1. The maximum atomic E-state index is 13.0. The van der Waals surface area contributed by atoms with E-state index in [1.165, 1.54) is 0 Å². The summed E-state index contributed by atoms with van der Waals surface area (Å²) in [5, 5.41) is 7.15. The molecule has 1 aliphatic rings. The second-order valence-electron chi connectivity index (χ2n) is 7.88. The van der Waals surface area contributed by atoms with E-state index in [4.69, 9.17) is 0 Å². The minimum atomic E-state index is -0.111. The van der Waals surface area contributed by atoms with Crippen molar-refractivity contribution in [3.63, 3.8) is 0 Å². The predicted molar refractivity (Wildman–Crippen MR) is 122 cm³/mol. The minimum absolute atomic E-state index is 0.0223. The Morgan fingerprint density at radius 2 is 1.77 bits per heavy atom. The molecule has 31 heavy (non-hydrogen) atoms. The zero-order valence-corrected chi connectivity index (χ0v) is 17.0. The minimum Gasteiger partial charge on any atom is -0.361 e. The fourth-order valence-electron chi connectivity index (χ4n) is 4.30. The van der Waals surface area contributed by atoms with E-state index >= 15 is 0 Å². The summed E-state index contributed by atoms with van der Waals surface area (Å²) < 4.78 is 0. The summed E-state index contributed by atoms with van der Waals surface area (Å²) in [5.41, 5.74) is 5.82. The van der Waals surface area contributed by atoms with Gasteiger partial charge in [0.1, 0.15) is 0 Å². The van der Waals surface area contributed by atoms with Crippen LogP contribution in [0, 0.1) is 0 Å². The largest absolute Gasteiger partial charge is 0.361 e. The molecule has 1 aliphatic heterocycles. The molecule has 0 fully saturated rings. The second kappa shape index (κ2) is 8.11. The number of aryl methyl sites for hydroxylation is 1. The molecule has 0 bridgehead atoms. The third-order valence-electron chi connectivity index (χ3n) is 5.93. The molecule has 1 aromatic heterocycles. The van der Waals surface area contributed by atoms with E-state index in [9.17, 15) is 9.59 Å². The molecular weight excluding hydrogens is 386 g/mol. The lowest BCUT2D eigenvalue weighted by Crippen LogP contribution is -2.29. The smallest absolute Gasteiger partial charge is 0.251 e. The van der Waals surface area contributed by atoms with Crippen molar-refractivity contribution in [3.8, 4) is 0 Å². The van der Waals surface area contributed by atoms with Gasteiger partial charge in [0.2, 0.25) is 5.91 Å². The Morgan fingerprint density at radius 1 is 0.968 bits per heavy atom. The van der Waals surface area contributed by atoms with Gasteiger partial charge in [0, 0.05) is 47.2 Å². The van der Waals surface area contributed by atoms with E-state index in [1.807, 2.05) is 48.7 Å². The average molecular weight is 409 g/mol. The molecule has 0 saturated carbocycles. The monoisotopic (exact) mass is 409 g/mol. The number of nitrogens with one attached hydrogen (secondary N) is 3. The molecule has 3 N–H and O–H groups in total. The van der Waals surface area contributed by atoms with E-state index < -0.39 is 0 Å². The normalized spacial score (nSPS) is 14.0. The van der Waals surface area contributed by atoms with Gasteiger partial charge >= 0.3 is 0 Å². The van der Waals surface area contributed by atoms with E-state index in [0.29, 0.717) is 24.9 Å². The van der Waals surface area contributed by atoms with Gasteiger partial charge in [-0.3, -0.25) is 9.59 Å². The maximum Gasteiger partial charge on any atom is 0.251 e. The van der Waals surface area contributed by atoms with Gasteiger partial charge in [-0.05, 0) is 47.4 Å². The van der Waals surface area contributed by atoms with Crippen LogP contribution in [0.3, 0.4) is 0 Å². The molecule has 4 aromatic rings. The van der Waals surface area contributed by atoms with Crippen LogP contribution < -0.4 is 10.6 Å². The van der Waals surface area contributed by atoms with Crippen LogP contribution in [-0.4, -0.2) is 23.3 Å². The number of anilines is 1. The lowest BCUT2D eigenvalue weighted by atomic mass is 9.90. The number of hydrogen-bond donors (Lipinski definition) is 3. The van der Waals surface area contributed by atoms with Crippen molar-refractivity contribution in [3.05, 3.63) is 101 Å². The van der Waals surface area contributed by atoms with Crippen LogP contribution in [0.1, 0.15) is 39.4 Å². The Bertz CT molecular complexity index is 1260. The molecule has 5 rings (SSSR count). The Hall–Kier alpha value is -3.86. The van der Waals surface area contributed by atoms with Gasteiger partial charge in [0.15, 0.2) is 0 Å². The number of H-pyrrole nitrogens is 1. The third-order valence-corrected chi connectivity index (χ3v) is 5.93. The molecule has 1 atom stereocenters. The van der Waals surface area contributed by atoms with E-state index in [0.717, 1.165) is 33.3 Å². The van der Waals surface area contributed by atoms with Crippen LogP contribution in [0.5, 0.6) is 0 Å². The first-order chi connectivity index (χ1) is 15.2. The number of benzene rings is 3. The molecule has 0 radical (unpaired) electrons. The Kier molecular flexibility index (Phi) is 5.00. The number of aromatic amines is 1. The number of carbonyl (C=O) groups is 2. The van der Waals surface area contributed by atoms with Crippen molar-refractivity contribution in [1.29, 1.82) is 0 Å². The number of hydrogen-bond acceptors (Lipinski definition) is 2. The van der Waals surface area contributed by atoms with Gasteiger partial charge in [0.25, 0.3) is 5.91 Å². The standard InChI is InChI=1S/C26H23N3O2/c30-25-13-11-18-14-19(10-12-23(18)29-25)26(31)28-15-21(17-6-2-1-3-7-17)22-16-27-24-9-5-4-8-20(22)24/h1-10,12,14,16,21,27H,11,13,15H2,(H,28,31)(H,29,30). The molecule has 5 heteroatoms. The summed E-state index contributed by atoms with van der Waals surface area (Å²) in [6.07, 6.45) is 3.15. The zero-order chi connectivity index (χ0) is 21.2. The van der Waals surface area contributed by atoms with Gasteiger partial charge in [-0.2, -0.15) is 0 Å². The first-order valence-corrected chi connectivity index (χ1v) is 10.5. The molecule has 3 aromatic carbocycles. The van der Waals surface area contributed by atoms with Crippen LogP contribution in [-0.2, 0) is 11.2 Å². The van der Waals surface area contributed by atoms with Gasteiger partial charge in [-0.1, -0.05) is 48.5 Å². The van der Waals surface area contributed by atoms with Gasteiger partial charge < -0.3 is 15.6 Å². The highest BCUT2D eigenvalue weighted by Gasteiger charge is 2.20. The van der Waals surface area contributed by atoms with Crippen LogP contribution in [0.4, 0.5) is 5.69 Å². The van der Waals surface area contributed by atoms with Crippen LogP contribution in [0.25, 0.3) is 10.9 Å². The molecule has 0 aliphatic carbocycles. The lowest BCUT2D eigenvalue weighted by Gasteiger charge is -2.20. The number of carbonyl (C=O) groups excluding carboxylic acids is 2. The topological polar surface area (TPSA) is 74.0 Å². The molecule has 2 heterocycles. The molecule has 1 unspecified atom stereocenters. The van der Waals surface area contributed by atoms with Gasteiger partial charge in [-0.15, -0.1) is 0 Å². The van der Waals surface area contributed by atoms with Crippen molar-refractivity contribution < 1.29 is 9.59 Å². The molecule has 154 valence electrons. The van der Waals surface area contributed by atoms with Crippen LogP contribution in [0.15, 0.2) is 79.0 Å². The molecule has 0 saturated heterocycles. The quantitative estimate of drug-likeness (QED) is 0.450. The summed E-state index contributed by atoms with van der Waals surface area (Å²) in [6, 6.07) is 23.9. The number of para-hydroxylation sites is 1. The maximum absolute atomic E-state index is 13.0. The molecular formula is C26H23N3O2. The van der Waals surface area contributed by atoms with Gasteiger partial charge in [0.05, 0.1) is 0 Å². The highest BCUT2D eigenvalue weighted by molar-refractivity contribution is 5.98. The molecule has 2 amide bonds. The highest BCUT2D eigenvalue weighted by atomic mass is 16.2. The van der Waals surface area contributed by atoms with E-state index in [2.05, 4.69) is 39.9 Å². The lowest BCUT2D eigenvalue weighted by molar-refractivity contribution is -0.116. The van der Waals surface area contributed by atoms with Crippen molar-refractivity contribution in [2.75, 3.05) is 11.9 Å². The van der Waals surface area contributed by atoms with Crippen molar-refractivity contribution in [2.45, 2.75) is 18.8 Å². The number of amides is 2. The predicted octanol–water partition coefficient (Wildman–Crippen LogP) is 4.61. The fraction of sp³-hybridized carbons (Fsp3) is 0.154. The number of fused-ring (bicyclic) bond motifs is 2. The third kappa shape index (κ3) is 3.82. The van der Waals surface area contributed by atoms with Crippen molar-refractivity contribution in [2.24, 2.45) is 0 Å². The number of rotatable bonds is 5. The van der Waals surface area contributed by atoms with E-state index in [-0.39, 0.29) is 17.7 Å². The summed E-state index contributed by atoms with van der Waals surface area (Å²) in [7, 11) is 0.